The summed E-state index contributed by atoms with van der Waals surface area (Å²) in [5, 5.41) is -0.00503. The first-order valence-corrected chi connectivity index (χ1v) is 14.0. The van der Waals surface area contributed by atoms with Gasteiger partial charge in [0.15, 0.2) is 0 Å². The highest BCUT2D eigenvalue weighted by atomic mass is 127. The maximum absolute atomic E-state index is 15.4. The van der Waals surface area contributed by atoms with Crippen LogP contribution in [0.2, 0.25) is 0 Å². The molecule has 0 saturated carbocycles. The SMILES string of the molecule is COc1ccc(Cn2c(=O)c3c(OC4C=CC=C(C)C4(C)C)cc(=O)n(C)c3n(-c3ccc(I)cc3F)c2=O)cc1. The lowest BCUT2D eigenvalue weighted by Gasteiger charge is -2.36. The normalized spacial score (nSPS) is 16.1. The van der Waals surface area contributed by atoms with Crippen LogP contribution in [0.1, 0.15) is 26.3 Å². The Labute approximate surface area is 249 Å². The van der Waals surface area contributed by atoms with Gasteiger partial charge in [-0.2, -0.15) is 0 Å². The molecule has 2 aromatic heterocycles. The van der Waals surface area contributed by atoms with Gasteiger partial charge in [0.1, 0.15) is 34.5 Å². The fourth-order valence-electron chi connectivity index (χ4n) is 4.89. The molecule has 0 spiro atoms. The molecule has 8 nitrogen and oxygen atoms in total. The van der Waals surface area contributed by atoms with Crippen molar-refractivity contribution in [2.24, 2.45) is 12.5 Å². The summed E-state index contributed by atoms with van der Waals surface area (Å²) >= 11 is 1.97. The molecular formula is C31H29FIN3O5. The van der Waals surface area contributed by atoms with Gasteiger partial charge in [0.2, 0.25) is 0 Å². The van der Waals surface area contributed by atoms with Crippen LogP contribution in [0.25, 0.3) is 16.7 Å². The van der Waals surface area contributed by atoms with Gasteiger partial charge >= 0.3 is 5.69 Å². The van der Waals surface area contributed by atoms with Crippen LogP contribution in [0.5, 0.6) is 11.5 Å². The van der Waals surface area contributed by atoms with Gasteiger partial charge in [-0.3, -0.25) is 18.7 Å². The molecule has 1 atom stereocenters. The zero-order valence-electron chi connectivity index (χ0n) is 23.3. The number of rotatable bonds is 6. The summed E-state index contributed by atoms with van der Waals surface area (Å²) in [6.45, 7) is 5.91. The number of hydrogen-bond donors (Lipinski definition) is 0. The van der Waals surface area contributed by atoms with Crippen LogP contribution in [0.15, 0.2) is 86.7 Å². The average molecular weight is 669 g/mol. The fourth-order valence-corrected chi connectivity index (χ4v) is 5.34. The molecule has 5 rings (SSSR count). The molecule has 4 aromatic rings. The first-order chi connectivity index (χ1) is 19.4. The molecule has 0 bridgehead atoms. The van der Waals surface area contributed by atoms with E-state index in [9.17, 15) is 14.4 Å². The van der Waals surface area contributed by atoms with Crippen molar-refractivity contribution in [1.82, 2.24) is 13.7 Å². The molecule has 2 heterocycles. The lowest BCUT2D eigenvalue weighted by molar-refractivity contribution is 0.140. The van der Waals surface area contributed by atoms with Gasteiger partial charge in [-0.15, -0.1) is 0 Å². The monoisotopic (exact) mass is 669 g/mol. The minimum absolute atomic E-state index is 0.00503. The van der Waals surface area contributed by atoms with Gasteiger partial charge in [-0.05, 0) is 71.5 Å². The maximum Gasteiger partial charge on any atom is 0.337 e. The van der Waals surface area contributed by atoms with E-state index in [1.165, 1.54) is 29.8 Å². The molecule has 1 aliphatic carbocycles. The van der Waals surface area contributed by atoms with E-state index < -0.39 is 34.1 Å². The second kappa shape index (κ2) is 10.8. The number of methoxy groups -OCH3 is 1. The van der Waals surface area contributed by atoms with E-state index in [2.05, 4.69) is 0 Å². The number of halogens is 2. The highest BCUT2D eigenvalue weighted by Gasteiger charge is 2.34. The Bertz CT molecular complexity index is 1920. The molecule has 1 unspecified atom stereocenters. The molecule has 212 valence electrons. The third-order valence-corrected chi connectivity index (χ3v) is 8.40. The van der Waals surface area contributed by atoms with E-state index in [0.29, 0.717) is 14.9 Å². The minimum atomic E-state index is -0.790. The van der Waals surface area contributed by atoms with E-state index in [1.807, 2.05) is 61.6 Å². The molecule has 10 heteroatoms. The van der Waals surface area contributed by atoms with Gasteiger partial charge < -0.3 is 9.47 Å². The van der Waals surface area contributed by atoms with Gasteiger partial charge in [0.05, 0.1) is 19.3 Å². The van der Waals surface area contributed by atoms with Crippen LogP contribution < -0.4 is 26.3 Å². The van der Waals surface area contributed by atoms with Crippen LogP contribution in [0.3, 0.4) is 0 Å². The largest absolute Gasteiger partial charge is 0.497 e. The number of aryl methyl sites for hydroxylation is 1. The lowest BCUT2D eigenvalue weighted by atomic mass is 9.77. The summed E-state index contributed by atoms with van der Waals surface area (Å²) in [7, 11) is 2.99. The molecule has 41 heavy (non-hydrogen) atoms. The summed E-state index contributed by atoms with van der Waals surface area (Å²) in [5.41, 5.74) is -0.826. The third kappa shape index (κ3) is 5.05. The number of ether oxygens (including phenoxy) is 2. The van der Waals surface area contributed by atoms with Crippen LogP contribution in [0, 0.1) is 14.8 Å². The van der Waals surface area contributed by atoms with Gasteiger partial charge in [-0.1, -0.05) is 43.7 Å². The molecule has 0 N–H and O–H groups in total. The molecule has 0 fully saturated rings. The highest BCUT2D eigenvalue weighted by Crippen LogP contribution is 2.37. The van der Waals surface area contributed by atoms with Gasteiger partial charge in [0.25, 0.3) is 11.1 Å². The Morgan fingerprint density at radius 1 is 1.05 bits per heavy atom. The van der Waals surface area contributed by atoms with E-state index in [1.54, 1.807) is 37.4 Å². The molecule has 2 aromatic carbocycles. The summed E-state index contributed by atoms with van der Waals surface area (Å²) in [6.07, 6.45) is 5.21. The number of aromatic nitrogens is 3. The van der Waals surface area contributed by atoms with Crippen LogP contribution >= 0.6 is 22.6 Å². The van der Waals surface area contributed by atoms with Crippen molar-refractivity contribution in [3.05, 3.63) is 118 Å². The lowest BCUT2D eigenvalue weighted by Crippen LogP contribution is -2.42. The van der Waals surface area contributed by atoms with Crippen molar-refractivity contribution >= 4 is 33.6 Å². The van der Waals surface area contributed by atoms with Crippen molar-refractivity contribution in [2.75, 3.05) is 7.11 Å². The van der Waals surface area contributed by atoms with E-state index >= 15 is 4.39 Å². The molecular weight excluding hydrogens is 640 g/mol. The second-order valence-corrected chi connectivity index (χ2v) is 11.8. The predicted octanol–water partition coefficient (Wildman–Crippen LogP) is 4.94. The van der Waals surface area contributed by atoms with Gasteiger partial charge in [0, 0.05) is 22.1 Å². The molecule has 0 aliphatic heterocycles. The Balaban J connectivity index is 1.85. The van der Waals surface area contributed by atoms with Crippen molar-refractivity contribution < 1.29 is 13.9 Å². The number of nitrogens with zero attached hydrogens (tertiary/aromatic N) is 3. The maximum atomic E-state index is 15.4. The Kier molecular flexibility index (Phi) is 7.54. The zero-order valence-corrected chi connectivity index (χ0v) is 25.4. The molecule has 0 amide bonds. The smallest absolute Gasteiger partial charge is 0.337 e. The number of benzene rings is 2. The van der Waals surface area contributed by atoms with Crippen LogP contribution in [-0.4, -0.2) is 26.9 Å². The quantitative estimate of drug-likeness (QED) is 0.272. The Morgan fingerprint density at radius 2 is 1.76 bits per heavy atom. The van der Waals surface area contributed by atoms with Crippen molar-refractivity contribution in [1.29, 1.82) is 0 Å². The van der Waals surface area contributed by atoms with Gasteiger partial charge in [-0.25, -0.2) is 13.8 Å². The minimum Gasteiger partial charge on any atom is -0.497 e. The van der Waals surface area contributed by atoms with Crippen molar-refractivity contribution in [3.63, 3.8) is 0 Å². The predicted molar refractivity (Wildman–Crippen MR) is 165 cm³/mol. The molecule has 1 aliphatic rings. The highest BCUT2D eigenvalue weighted by molar-refractivity contribution is 14.1. The standard InChI is InChI=1S/C31H29FIN3O5/c1-18-7-6-8-25(31(18,2)3)41-24-16-26(37)34(4)28-27(24)29(38)35(17-19-9-12-21(40-5)13-10-19)30(39)36(28)23-14-11-20(33)15-22(23)32/h6-16,25H,17H2,1-5H3. The number of pyridine rings is 1. The number of hydrogen-bond acceptors (Lipinski definition) is 5. The Hall–Kier alpha value is -3.93. The third-order valence-electron chi connectivity index (χ3n) is 7.73. The van der Waals surface area contributed by atoms with Crippen LogP contribution in [-0.2, 0) is 13.6 Å². The average Bonchev–Trinajstić information content (AvgIpc) is 2.93. The summed E-state index contributed by atoms with van der Waals surface area (Å²) in [5.74, 6) is -0.0318. The van der Waals surface area contributed by atoms with E-state index in [0.717, 1.165) is 14.7 Å². The molecule has 0 radical (unpaired) electrons. The van der Waals surface area contributed by atoms with Crippen LogP contribution in [0.4, 0.5) is 4.39 Å². The number of allylic oxidation sites excluding steroid dienone is 2. The first-order valence-electron chi connectivity index (χ1n) is 12.9. The summed E-state index contributed by atoms with van der Waals surface area (Å²) in [6, 6.07) is 12.6. The number of fused-ring (bicyclic) bond motifs is 1. The summed E-state index contributed by atoms with van der Waals surface area (Å²) in [4.78, 5) is 41.4. The Morgan fingerprint density at radius 3 is 2.41 bits per heavy atom. The van der Waals surface area contributed by atoms with Crippen molar-refractivity contribution in [2.45, 2.75) is 33.4 Å². The molecule has 0 saturated heterocycles. The van der Waals surface area contributed by atoms with E-state index in [-0.39, 0.29) is 29.0 Å². The first kappa shape index (κ1) is 28.6. The summed E-state index contributed by atoms with van der Waals surface area (Å²) < 4.78 is 31.0. The van der Waals surface area contributed by atoms with E-state index in [4.69, 9.17) is 9.47 Å². The second-order valence-electron chi connectivity index (χ2n) is 10.6. The topological polar surface area (TPSA) is 84.5 Å². The zero-order chi connectivity index (χ0) is 29.6. The van der Waals surface area contributed by atoms with Crippen molar-refractivity contribution in [3.8, 4) is 17.2 Å². The fraction of sp³-hybridized carbons (Fsp3) is 0.258.